The Morgan fingerprint density at radius 3 is 2.61 bits per heavy atom. The summed E-state index contributed by atoms with van der Waals surface area (Å²) in [6.07, 6.45) is 1.86. The van der Waals surface area contributed by atoms with Crippen molar-refractivity contribution in [1.82, 2.24) is 9.78 Å². The summed E-state index contributed by atoms with van der Waals surface area (Å²) in [7, 11) is -4.18. The first-order chi connectivity index (χ1) is 13.1. The standard InChI is InChI=1S/C17H13Cl2FN4O3S/c18-11-1-3-14(19)10(5-11)6-17(25)23-13-2-4-15(16(7-13)28(21,26)27)24-9-12(20)8-22-24/h1-5,7-9H,6H2,(H,23,25)(H2,21,26,27). The van der Waals surface area contributed by atoms with E-state index in [0.717, 1.165) is 17.1 Å². The number of benzene rings is 2. The Morgan fingerprint density at radius 2 is 1.96 bits per heavy atom. The fraction of sp³-hybridized carbons (Fsp3) is 0.0588. The zero-order chi connectivity index (χ0) is 20.5. The number of anilines is 1. The normalized spacial score (nSPS) is 11.4. The van der Waals surface area contributed by atoms with Crippen LogP contribution in [0.2, 0.25) is 10.0 Å². The van der Waals surface area contributed by atoms with Gasteiger partial charge in [0, 0.05) is 15.7 Å². The van der Waals surface area contributed by atoms with Crippen molar-refractivity contribution in [2.75, 3.05) is 5.32 Å². The molecule has 0 atom stereocenters. The zero-order valence-electron chi connectivity index (χ0n) is 14.1. The molecule has 3 aromatic rings. The van der Waals surface area contributed by atoms with E-state index < -0.39 is 21.7 Å². The van der Waals surface area contributed by atoms with E-state index in [2.05, 4.69) is 10.4 Å². The van der Waals surface area contributed by atoms with Crippen LogP contribution in [0.1, 0.15) is 5.56 Å². The van der Waals surface area contributed by atoms with Crippen molar-refractivity contribution in [2.45, 2.75) is 11.3 Å². The molecule has 3 rings (SSSR count). The highest BCUT2D eigenvalue weighted by Gasteiger charge is 2.18. The molecule has 1 heterocycles. The predicted octanol–water partition coefficient (Wildman–Crippen LogP) is 3.15. The largest absolute Gasteiger partial charge is 0.326 e. The van der Waals surface area contributed by atoms with Crippen LogP contribution < -0.4 is 10.5 Å². The van der Waals surface area contributed by atoms with Crippen molar-refractivity contribution in [3.8, 4) is 5.69 Å². The summed E-state index contributed by atoms with van der Waals surface area (Å²) in [5.41, 5.74) is 0.743. The summed E-state index contributed by atoms with van der Waals surface area (Å²) in [5, 5.41) is 12.4. The molecule has 0 bridgehead atoms. The van der Waals surface area contributed by atoms with Crippen molar-refractivity contribution >= 4 is 44.8 Å². The molecule has 0 unspecified atom stereocenters. The van der Waals surface area contributed by atoms with Crippen molar-refractivity contribution < 1.29 is 17.6 Å². The minimum absolute atomic E-state index is 0.0438. The van der Waals surface area contributed by atoms with E-state index in [4.69, 9.17) is 28.3 Å². The Bertz CT molecular complexity index is 1160. The van der Waals surface area contributed by atoms with Crippen LogP contribution in [-0.2, 0) is 21.2 Å². The molecule has 28 heavy (non-hydrogen) atoms. The van der Waals surface area contributed by atoms with Gasteiger partial charge in [-0.3, -0.25) is 4.79 Å². The number of aromatic nitrogens is 2. The van der Waals surface area contributed by atoms with Gasteiger partial charge in [-0.2, -0.15) is 5.10 Å². The van der Waals surface area contributed by atoms with Crippen molar-refractivity contribution in [3.05, 3.63) is 70.2 Å². The molecule has 3 N–H and O–H groups in total. The molecule has 0 aliphatic rings. The van der Waals surface area contributed by atoms with Gasteiger partial charge in [-0.15, -0.1) is 0 Å². The second kappa shape index (κ2) is 7.88. The molecule has 11 heteroatoms. The number of nitrogens with two attached hydrogens (primary N) is 1. The zero-order valence-corrected chi connectivity index (χ0v) is 16.4. The second-order valence-corrected chi connectivity index (χ2v) is 8.16. The number of rotatable bonds is 5. The highest BCUT2D eigenvalue weighted by Crippen LogP contribution is 2.24. The van der Waals surface area contributed by atoms with Gasteiger partial charge in [-0.25, -0.2) is 22.6 Å². The third-order valence-electron chi connectivity index (χ3n) is 3.71. The van der Waals surface area contributed by atoms with Crippen molar-refractivity contribution in [3.63, 3.8) is 0 Å². The molecule has 0 saturated heterocycles. The van der Waals surface area contributed by atoms with Gasteiger partial charge >= 0.3 is 0 Å². The number of amides is 1. The van der Waals surface area contributed by atoms with Gasteiger partial charge in [-0.1, -0.05) is 23.2 Å². The monoisotopic (exact) mass is 442 g/mol. The molecule has 146 valence electrons. The van der Waals surface area contributed by atoms with Gasteiger partial charge in [0.05, 0.1) is 24.5 Å². The summed E-state index contributed by atoms with van der Waals surface area (Å²) in [6, 6.07) is 8.70. The van der Waals surface area contributed by atoms with E-state index in [9.17, 15) is 17.6 Å². The van der Waals surface area contributed by atoms with Gasteiger partial charge in [0.2, 0.25) is 15.9 Å². The van der Waals surface area contributed by atoms with Crippen LogP contribution in [-0.4, -0.2) is 24.1 Å². The van der Waals surface area contributed by atoms with Crippen molar-refractivity contribution in [1.29, 1.82) is 0 Å². The van der Waals surface area contributed by atoms with Crippen molar-refractivity contribution in [2.24, 2.45) is 5.14 Å². The lowest BCUT2D eigenvalue weighted by Gasteiger charge is -2.12. The third-order valence-corrected chi connectivity index (χ3v) is 5.25. The van der Waals surface area contributed by atoms with Gasteiger partial charge < -0.3 is 5.32 Å². The number of nitrogens with zero attached hydrogens (tertiary/aromatic N) is 2. The molecule has 0 fully saturated rings. The number of hydrogen-bond donors (Lipinski definition) is 2. The van der Waals surface area contributed by atoms with E-state index in [1.165, 1.54) is 18.2 Å². The lowest BCUT2D eigenvalue weighted by Crippen LogP contribution is -2.18. The summed E-state index contributed by atoms with van der Waals surface area (Å²) < 4.78 is 38.1. The molecule has 1 aromatic heterocycles. The first-order valence-electron chi connectivity index (χ1n) is 7.74. The van der Waals surface area contributed by atoms with Gasteiger partial charge in [0.1, 0.15) is 4.90 Å². The Morgan fingerprint density at radius 1 is 1.21 bits per heavy atom. The topological polar surface area (TPSA) is 107 Å². The van der Waals surface area contributed by atoms with Crippen LogP contribution in [0.15, 0.2) is 53.7 Å². The van der Waals surface area contributed by atoms with E-state index >= 15 is 0 Å². The average molecular weight is 443 g/mol. The number of carbonyl (C=O) groups excluding carboxylic acids is 1. The molecule has 7 nitrogen and oxygen atoms in total. The Balaban J connectivity index is 1.88. The first-order valence-corrected chi connectivity index (χ1v) is 10.0. The number of carbonyl (C=O) groups is 1. The maximum Gasteiger partial charge on any atom is 0.240 e. The summed E-state index contributed by atoms with van der Waals surface area (Å²) in [6.45, 7) is 0. The molecule has 0 aliphatic heterocycles. The quantitative estimate of drug-likeness (QED) is 0.632. The molecule has 0 saturated carbocycles. The number of sulfonamides is 1. The van der Waals surface area contributed by atoms with Crippen LogP contribution in [0.5, 0.6) is 0 Å². The lowest BCUT2D eigenvalue weighted by molar-refractivity contribution is -0.115. The fourth-order valence-corrected chi connectivity index (χ4v) is 3.62. The molecule has 0 radical (unpaired) electrons. The highest BCUT2D eigenvalue weighted by molar-refractivity contribution is 7.89. The number of hydrogen-bond acceptors (Lipinski definition) is 4. The number of halogens is 3. The van der Waals surface area contributed by atoms with Gasteiger partial charge in [0.15, 0.2) is 5.82 Å². The minimum atomic E-state index is -4.18. The SMILES string of the molecule is NS(=O)(=O)c1cc(NC(=O)Cc2cc(Cl)ccc2Cl)ccc1-n1cc(F)cn1. The highest BCUT2D eigenvalue weighted by atomic mass is 35.5. The van der Waals surface area contributed by atoms with Gasteiger partial charge in [-0.05, 0) is 42.0 Å². The first kappa shape index (κ1) is 20.3. The lowest BCUT2D eigenvalue weighted by atomic mass is 10.1. The van der Waals surface area contributed by atoms with Gasteiger partial charge in [0.25, 0.3) is 0 Å². The molecule has 0 spiro atoms. The van der Waals surface area contributed by atoms with E-state index in [1.807, 2.05) is 0 Å². The van der Waals surface area contributed by atoms with Crippen LogP contribution >= 0.6 is 23.2 Å². The molecular formula is C17H13Cl2FN4O3S. The van der Waals surface area contributed by atoms with E-state index in [1.54, 1.807) is 18.2 Å². The summed E-state index contributed by atoms with van der Waals surface area (Å²) in [5.74, 6) is -1.08. The summed E-state index contributed by atoms with van der Waals surface area (Å²) in [4.78, 5) is 12.0. The predicted molar refractivity (Wildman–Crippen MR) is 104 cm³/mol. The Labute approximate surface area is 169 Å². The molecule has 2 aromatic carbocycles. The Kier molecular flexibility index (Phi) is 5.71. The average Bonchev–Trinajstić information content (AvgIpc) is 3.03. The van der Waals surface area contributed by atoms with Crippen LogP contribution in [0.4, 0.5) is 10.1 Å². The third kappa shape index (κ3) is 4.68. The Hall–Kier alpha value is -2.46. The maximum absolute atomic E-state index is 13.2. The van der Waals surface area contributed by atoms with E-state index in [-0.39, 0.29) is 22.7 Å². The molecule has 0 aliphatic carbocycles. The maximum atomic E-state index is 13.2. The number of nitrogens with one attached hydrogen (secondary N) is 1. The van der Waals surface area contributed by atoms with E-state index in [0.29, 0.717) is 15.6 Å². The van der Waals surface area contributed by atoms with Crippen LogP contribution in [0.3, 0.4) is 0 Å². The van der Waals surface area contributed by atoms with Crippen LogP contribution in [0.25, 0.3) is 5.69 Å². The number of primary sulfonamides is 1. The minimum Gasteiger partial charge on any atom is -0.326 e. The molecule has 1 amide bonds. The molecular weight excluding hydrogens is 430 g/mol. The smallest absolute Gasteiger partial charge is 0.240 e. The summed E-state index contributed by atoms with van der Waals surface area (Å²) >= 11 is 11.9. The fourth-order valence-electron chi connectivity index (χ4n) is 2.50. The van der Waals surface area contributed by atoms with Crippen LogP contribution in [0, 0.1) is 5.82 Å². The second-order valence-electron chi connectivity index (χ2n) is 5.79.